The molecule has 33 heavy (non-hydrogen) atoms. The first-order valence-electron chi connectivity index (χ1n) is 11.3. The molecule has 4 N–H and O–H groups in total. The Hall–Kier alpha value is -3.07. The average molecular weight is 456 g/mol. The van der Waals surface area contributed by atoms with Crippen molar-refractivity contribution in [2.24, 2.45) is 11.1 Å². The second-order valence-electron chi connectivity index (χ2n) is 10.3. The van der Waals surface area contributed by atoms with Crippen LogP contribution < -0.4 is 11.5 Å². The van der Waals surface area contributed by atoms with E-state index in [1.807, 2.05) is 45.0 Å². The Kier molecular flexibility index (Phi) is 5.86. The van der Waals surface area contributed by atoms with Crippen LogP contribution in [0.3, 0.4) is 0 Å². The summed E-state index contributed by atoms with van der Waals surface area (Å²) in [6.45, 7) is 7.46. The largest absolute Gasteiger partial charge is 0.444 e. The molecule has 0 unspecified atom stereocenters. The van der Waals surface area contributed by atoms with E-state index in [9.17, 15) is 9.59 Å². The maximum atomic E-state index is 12.4. The average Bonchev–Trinajstić information content (AvgIpc) is 3.28. The number of anilines is 1. The number of rotatable bonds is 5. The second-order valence-corrected chi connectivity index (χ2v) is 10.3. The highest BCUT2D eigenvalue weighted by molar-refractivity contribution is 6.03. The number of nitrogens with zero attached hydrogens (tertiary/aromatic N) is 3. The van der Waals surface area contributed by atoms with Gasteiger partial charge in [-0.3, -0.25) is 4.79 Å². The molecule has 1 saturated carbocycles. The third kappa shape index (κ3) is 4.55. The van der Waals surface area contributed by atoms with E-state index in [1.165, 1.54) is 0 Å². The van der Waals surface area contributed by atoms with Gasteiger partial charge < -0.3 is 25.8 Å². The van der Waals surface area contributed by atoms with Gasteiger partial charge in [-0.05, 0) is 51.0 Å². The summed E-state index contributed by atoms with van der Waals surface area (Å²) in [5, 5.41) is 4.71. The molecule has 9 heteroatoms. The lowest BCUT2D eigenvalue weighted by Crippen LogP contribution is -2.43. The SMILES string of the molecule is COCc1ccc(-c2nn(C3CC4(CCN(C(=O)OC(C)(C)C)C4)C3)c(N)c2C(N)=O)cc1. The van der Waals surface area contributed by atoms with E-state index in [-0.39, 0.29) is 23.1 Å². The van der Waals surface area contributed by atoms with Crippen LogP contribution >= 0.6 is 0 Å². The molecule has 4 rings (SSSR count). The molecule has 1 aromatic carbocycles. The van der Waals surface area contributed by atoms with Gasteiger partial charge in [-0.1, -0.05) is 24.3 Å². The Bertz CT molecular complexity index is 1050. The van der Waals surface area contributed by atoms with Crippen molar-refractivity contribution in [3.8, 4) is 11.3 Å². The van der Waals surface area contributed by atoms with Gasteiger partial charge in [0.25, 0.3) is 5.91 Å². The van der Waals surface area contributed by atoms with Gasteiger partial charge in [0, 0.05) is 25.8 Å². The normalized spacial score (nSPS) is 22.4. The number of carbonyl (C=O) groups is 2. The Morgan fingerprint density at radius 3 is 2.45 bits per heavy atom. The van der Waals surface area contributed by atoms with Crippen molar-refractivity contribution in [2.45, 2.75) is 58.3 Å². The molecule has 1 aliphatic heterocycles. The number of carbonyl (C=O) groups excluding carboxylic acids is 2. The number of methoxy groups -OCH3 is 1. The van der Waals surface area contributed by atoms with Crippen LogP contribution in [-0.2, 0) is 16.1 Å². The van der Waals surface area contributed by atoms with Gasteiger partial charge in [-0.2, -0.15) is 5.10 Å². The number of amides is 2. The van der Waals surface area contributed by atoms with Gasteiger partial charge in [0.15, 0.2) is 0 Å². The van der Waals surface area contributed by atoms with E-state index in [4.69, 9.17) is 26.0 Å². The maximum Gasteiger partial charge on any atom is 0.410 e. The molecule has 2 fully saturated rings. The standard InChI is InChI=1S/C24H33N5O4/c1-23(2,3)33-22(31)28-10-9-24(14-28)11-17(12-24)29-20(25)18(21(26)30)19(27-29)16-7-5-15(6-8-16)13-32-4/h5-8,17H,9-14,25H2,1-4H3,(H2,26,30). The third-order valence-corrected chi connectivity index (χ3v) is 6.51. The molecular formula is C24H33N5O4. The molecule has 9 nitrogen and oxygen atoms in total. The van der Waals surface area contributed by atoms with Gasteiger partial charge in [0.1, 0.15) is 22.7 Å². The highest BCUT2D eigenvalue weighted by Gasteiger charge is 2.51. The molecule has 0 radical (unpaired) electrons. The highest BCUT2D eigenvalue weighted by Crippen LogP contribution is 2.54. The van der Waals surface area contributed by atoms with Gasteiger partial charge in [-0.25, -0.2) is 9.48 Å². The summed E-state index contributed by atoms with van der Waals surface area (Å²) < 4.78 is 12.4. The minimum atomic E-state index is -0.597. The first kappa shape index (κ1) is 23.1. The first-order valence-corrected chi connectivity index (χ1v) is 11.3. The second kappa shape index (κ2) is 8.37. The smallest absolute Gasteiger partial charge is 0.410 e. The van der Waals surface area contributed by atoms with Crippen molar-refractivity contribution >= 4 is 17.8 Å². The molecule has 2 aliphatic rings. The summed E-state index contributed by atoms with van der Waals surface area (Å²) in [5.41, 5.74) is 14.1. The summed E-state index contributed by atoms with van der Waals surface area (Å²) in [5.74, 6) is -0.305. The molecular weight excluding hydrogens is 422 g/mol. The van der Waals surface area contributed by atoms with Crippen LogP contribution in [0.25, 0.3) is 11.3 Å². The van der Waals surface area contributed by atoms with Crippen molar-refractivity contribution in [3.05, 3.63) is 35.4 Å². The van der Waals surface area contributed by atoms with Crippen LogP contribution in [0.4, 0.5) is 10.6 Å². The molecule has 2 heterocycles. The Balaban J connectivity index is 1.50. The number of nitrogen functional groups attached to an aromatic ring is 1. The molecule has 0 bridgehead atoms. The molecule has 2 aromatic rings. The number of hydrogen-bond acceptors (Lipinski definition) is 6. The molecule has 1 aliphatic carbocycles. The van der Waals surface area contributed by atoms with E-state index in [0.717, 1.165) is 30.4 Å². The number of aromatic nitrogens is 2. The van der Waals surface area contributed by atoms with Crippen LogP contribution in [-0.4, -0.2) is 52.5 Å². The molecule has 1 saturated heterocycles. The summed E-state index contributed by atoms with van der Waals surface area (Å²) in [6.07, 6.45) is 2.32. The zero-order valence-corrected chi connectivity index (χ0v) is 19.8. The van der Waals surface area contributed by atoms with Crippen molar-refractivity contribution in [2.75, 3.05) is 25.9 Å². The predicted octanol–water partition coefficient (Wildman–Crippen LogP) is 3.34. The number of benzene rings is 1. The van der Waals surface area contributed by atoms with Gasteiger partial charge in [-0.15, -0.1) is 0 Å². The highest BCUT2D eigenvalue weighted by atomic mass is 16.6. The molecule has 2 amide bonds. The van der Waals surface area contributed by atoms with Gasteiger partial charge in [0.05, 0.1) is 12.6 Å². The van der Waals surface area contributed by atoms with Crippen LogP contribution in [0.2, 0.25) is 0 Å². The van der Waals surface area contributed by atoms with Crippen molar-refractivity contribution in [3.63, 3.8) is 0 Å². The van der Waals surface area contributed by atoms with E-state index >= 15 is 0 Å². The van der Waals surface area contributed by atoms with Gasteiger partial charge >= 0.3 is 6.09 Å². The van der Waals surface area contributed by atoms with E-state index in [0.29, 0.717) is 31.2 Å². The summed E-state index contributed by atoms with van der Waals surface area (Å²) in [4.78, 5) is 26.5. The lowest BCUT2D eigenvalue weighted by Gasteiger charge is -2.45. The van der Waals surface area contributed by atoms with Crippen LogP contribution in [0, 0.1) is 5.41 Å². The van der Waals surface area contributed by atoms with Crippen LogP contribution in [0.5, 0.6) is 0 Å². The first-order chi connectivity index (χ1) is 15.5. The summed E-state index contributed by atoms with van der Waals surface area (Å²) in [6, 6.07) is 7.71. The van der Waals surface area contributed by atoms with Gasteiger partial charge in [0.2, 0.25) is 0 Å². The number of ether oxygens (including phenoxy) is 2. The Morgan fingerprint density at radius 2 is 1.88 bits per heavy atom. The Morgan fingerprint density at radius 1 is 1.21 bits per heavy atom. The monoisotopic (exact) mass is 455 g/mol. The molecule has 1 aromatic heterocycles. The quantitative estimate of drug-likeness (QED) is 0.712. The van der Waals surface area contributed by atoms with Crippen molar-refractivity contribution in [1.29, 1.82) is 0 Å². The number of hydrogen-bond donors (Lipinski definition) is 2. The summed E-state index contributed by atoms with van der Waals surface area (Å²) >= 11 is 0. The minimum absolute atomic E-state index is 0.0365. The zero-order valence-electron chi connectivity index (χ0n) is 19.8. The molecule has 178 valence electrons. The topological polar surface area (TPSA) is 126 Å². The van der Waals surface area contributed by atoms with E-state index in [1.54, 1.807) is 16.7 Å². The Labute approximate surface area is 194 Å². The lowest BCUT2D eigenvalue weighted by atomic mass is 9.65. The van der Waals surface area contributed by atoms with Crippen molar-refractivity contribution in [1.82, 2.24) is 14.7 Å². The number of primary amides is 1. The fourth-order valence-corrected chi connectivity index (χ4v) is 4.96. The minimum Gasteiger partial charge on any atom is -0.444 e. The number of nitrogens with two attached hydrogens (primary N) is 2. The van der Waals surface area contributed by atoms with Crippen molar-refractivity contribution < 1.29 is 19.1 Å². The number of likely N-dealkylation sites (tertiary alicyclic amines) is 1. The van der Waals surface area contributed by atoms with E-state index in [2.05, 4.69) is 0 Å². The zero-order chi connectivity index (χ0) is 24.0. The molecule has 0 atom stereocenters. The lowest BCUT2D eigenvalue weighted by molar-refractivity contribution is 0.0187. The van der Waals surface area contributed by atoms with Crippen LogP contribution in [0.1, 0.15) is 62.0 Å². The molecule has 1 spiro atoms. The maximum absolute atomic E-state index is 12.4. The van der Waals surface area contributed by atoms with E-state index < -0.39 is 11.5 Å². The fourth-order valence-electron chi connectivity index (χ4n) is 4.96. The third-order valence-electron chi connectivity index (χ3n) is 6.51. The fraction of sp³-hybridized carbons (Fsp3) is 0.542. The predicted molar refractivity (Wildman–Crippen MR) is 124 cm³/mol. The van der Waals surface area contributed by atoms with Crippen LogP contribution in [0.15, 0.2) is 24.3 Å². The summed E-state index contributed by atoms with van der Waals surface area (Å²) in [7, 11) is 1.64.